The molecule has 0 radical (unpaired) electrons. The standard InChI is InChI=1S/C13H14N2OS/c1-9-8-11(15(3)14-9)5-6-12(16)13-7-4-10(2)17-13/h4-8H,1-3H3/b6-5+. The summed E-state index contributed by atoms with van der Waals surface area (Å²) >= 11 is 1.52. The summed E-state index contributed by atoms with van der Waals surface area (Å²) in [5, 5.41) is 4.22. The summed E-state index contributed by atoms with van der Waals surface area (Å²) in [5.41, 5.74) is 1.88. The molecule has 0 fully saturated rings. The van der Waals surface area contributed by atoms with Crippen molar-refractivity contribution in [2.24, 2.45) is 7.05 Å². The van der Waals surface area contributed by atoms with Gasteiger partial charge in [0, 0.05) is 11.9 Å². The van der Waals surface area contributed by atoms with Crippen LogP contribution in [0, 0.1) is 13.8 Å². The highest BCUT2D eigenvalue weighted by atomic mass is 32.1. The molecule has 3 nitrogen and oxygen atoms in total. The van der Waals surface area contributed by atoms with E-state index in [0.717, 1.165) is 21.1 Å². The Labute approximate surface area is 104 Å². The Bertz CT molecular complexity index is 578. The average Bonchev–Trinajstić information content (AvgIpc) is 2.82. The van der Waals surface area contributed by atoms with Crippen LogP contribution in [0.25, 0.3) is 6.08 Å². The zero-order valence-corrected chi connectivity index (χ0v) is 10.9. The number of hydrogen-bond acceptors (Lipinski definition) is 3. The van der Waals surface area contributed by atoms with E-state index in [1.807, 2.05) is 39.1 Å². The van der Waals surface area contributed by atoms with Gasteiger partial charge in [0.2, 0.25) is 0 Å². The summed E-state index contributed by atoms with van der Waals surface area (Å²) in [6.45, 7) is 3.93. The Morgan fingerprint density at radius 1 is 1.41 bits per heavy atom. The number of carbonyl (C=O) groups is 1. The van der Waals surface area contributed by atoms with E-state index in [4.69, 9.17) is 0 Å². The second-order valence-corrected chi connectivity index (χ2v) is 5.23. The number of allylic oxidation sites excluding steroid dienone is 1. The third-order valence-corrected chi connectivity index (χ3v) is 3.44. The second kappa shape index (κ2) is 4.67. The number of ketones is 1. The van der Waals surface area contributed by atoms with Gasteiger partial charge in [-0.25, -0.2) is 0 Å². The summed E-state index contributed by atoms with van der Waals surface area (Å²) in [6, 6.07) is 5.77. The fourth-order valence-electron chi connectivity index (χ4n) is 1.60. The maximum atomic E-state index is 11.8. The number of rotatable bonds is 3. The van der Waals surface area contributed by atoms with Gasteiger partial charge in [0.05, 0.1) is 16.3 Å². The summed E-state index contributed by atoms with van der Waals surface area (Å²) in [4.78, 5) is 13.8. The maximum Gasteiger partial charge on any atom is 0.195 e. The highest BCUT2D eigenvalue weighted by Crippen LogP contribution is 2.16. The summed E-state index contributed by atoms with van der Waals surface area (Å²) in [5.74, 6) is 0.0435. The highest BCUT2D eigenvalue weighted by molar-refractivity contribution is 7.14. The van der Waals surface area contributed by atoms with Gasteiger partial charge in [0.25, 0.3) is 0 Å². The van der Waals surface area contributed by atoms with Gasteiger partial charge in [-0.05, 0) is 44.2 Å². The largest absolute Gasteiger partial charge is 0.288 e. The van der Waals surface area contributed by atoms with E-state index in [0.29, 0.717) is 0 Å². The second-order valence-electron chi connectivity index (χ2n) is 3.94. The van der Waals surface area contributed by atoms with Crippen LogP contribution in [-0.4, -0.2) is 15.6 Å². The van der Waals surface area contributed by atoms with E-state index < -0.39 is 0 Å². The van der Waals surface area contributed by atoms with Gasteiger partial charge >= 0.3 is 0 Å². The van der Waals surface area contributed by atoms with Gasteiger partial charge < -0.3 is 0 Å². The minimum absolute atomic E-state index is 0.0435. The summed E-state index contributed by atoms with van der Waals surface area (Å²) < 4.78 is 1.76. The van der Waals surface area contributed by atoms with Crippen molar-refractivity contribution in [2.45, 2.75) is 13.8 Å². The van der Waals surface area contributed by atoms with Crippen molar-refractivity contribution in [3.05, 3.63) is 45.4 Å². The minimum atomic E-state index is 0.0435. The molecule has 88 valence electrons. The Balaban J connectivity index is 2.16. The first-order valence-electron chi connectivity index (χ1n) is 5.36. The first kappa shape index (κ1) is 11.8. The van der Waals surface area contributed by atoms with E-state index in [1.165, 1.54) is 11.3 Å². The molecule has 0 aliphatic rings. The number of hydrogen-bond donors (Lipinski definition) is 0. The molecule has 2 aromatic heterocycles. The van der Waals surface area contributed by atoms with Crippen molar-refractivity contribution in [2.75, 3.05) is 0 Å². The molecule has 0 atom stereocenters. The van der Waals surface area contributed by atoms with E-state index in [9.17, 15) is 4.79 Å². The monoisotopic (exact) mass is 246 g/mol. The molecule has 0 amide bonds. The SMILES string of the molecule is Cc1cc(/C=C/C(=O)c2ccc(C)s2)n(C)n1. The normalized spacial score (nSPS) is 11.2. The first-order chi connectivity index (χ1) is 8.06. The molecular formula is C13H14N2OS. The average molecular weight is 246 g/mol. The third-order valence-electron chi connectivity index (χ3n) is 2.43. The van der Waals surface area contributed by atoms with Gasteiger partial charge in [-0.3, -0.25) is 9.48 Å². The fraction of sp³-hybridized carbons (Fsp3) is 0.231. The van der Waals surface area contributed by atoms with Crippen LogP contribution in [0.15, 0.2) is 24.3 Å². The zero-order chi connectivity index (χ0) is 12.4. The van der Waals surface area contributed by atoms with E-state index in [-0.39, 0.29) is 5.78 Å². The molecule has 2 rings (SSSR count). The van der Waals surface area contributed by atoms with Crippen LogP contribution in [0.3, 0.4) is 0 Å². The lowest BCUT2D eigenvalue weighted by molar-refractivity contribution is 0.105. The quantitative estimate of drug-likeness (QED) is 0.616. The molecule has 0 spiro atoms. The van der Waals surface area contributed by atoms with Crippen LogP contribution in [0.4, 0.5) is 0 Å². The van der Waals surface area contributed by atoms with Crippen molar-refractivity contribution in [1.29, 1.82) is 0 Å². The molecule has 2 heterocycles. The maximum absolute atomic E-state index is 11.8. The van der Waals surface area contributed by atoms with Crippen molar-refractivity contribution >= 4 is 23.2 Å². The van der Waals surface area contributed by atoms with Crippen LogP contribution in [-0.2, 0) is 7.05 Å². The van der Waals surface area contributed by atoms with Crippen LogP contribution < -0.4 is 0 Å². The molecule has 0 saturated carbocycles. The lowest BCUT2D eigenvalue weighted by atomic mass is 10.2. The van der Waals surface area contributed by atoms with Crippen LogP contribution in [0.2, 0.25) is 0 Å². The summed E-state index contributed by atoms with van der Waals surface area (Å²) in [7, 11) is 1.87. The number of nitrogens with zero attached hydrogens (tertiary/aromatic N) is 2. The smallest absolute Gasteiger partial charge is 0.195 e. The lowest BCUT2D eigenvalue weighted by Gasteiger charge is -1.93. The Hall–Kier alpha value is -1.68. The van der Waals surface area contributed by atoms with Crippen molar-refractivity contribution in [1.82, 2.24) is 9.78 Å². The predicted octanol–water partition coefficient (Wildman–Crippen LogP) is 2.99. The summed E-state index contributed by atoms with van der Waals surface area (Å²) in [6.07, 6.45) is 3.40. The molecule has 0 aliphatic heterocycles. The van der Waals surface area contributed by atoms with Gasteiger partial charge in [0.1, 0.15) is 0 Å². The molecule has 2 aromatic rings. The molecule has 17 heavy (non-hydrogen) atoms. The molecule has 0 N–H and O–H groups in total. The number of aromatic nitrogens is 2. The van der Waals surface area contributed by atoms with Crippen molar-refractivity contribution < 1.29 is 4.79 Å². The van der Waals surface area contributed by atoms with E-state index in [1.54, 1.807) is 16.8 Å². The van der Waals surface area contributed by atoms with Gasteiger partial charge in [-0.1, -0.05) is 0 Å². The molecule has 0 bridgehead atoms. The van der Waals surface area contributed by atoms with Gasteiger partial charge in [0.15, 0.2) is 5.78 Å². The fourth-order valence-corrected chi connectivity index (χ4v) is 2.38. The predicted molar refractivity (Wildman–Crippen MR) is 70.4 cm³/mol. The Kier molecular flexibility index (Phi) is 3.24. The third kappa shape index (κ3) is 2.71. The Morgan fingerprint density at radius 2 is 2.18 bits per heavy atom. The number of aryl methyl sites for hydroxylation is 3. The number of carbonyl (C=O) groups excluding carboxylic acids is 1. The van der Waals surface area contributed by atoms with E-state index in [2.05, 4.69) is 5.10 Å². The van der Waals surface area contributed by atoms with Crippen LogP contribution >= 0.6 is 11.3 Å². The lowest BCUT2D eigenvalue weighted by Crippen LogP contribution is -1.94. The molecule has 0 aliphatic carbocycles. The molecule has 0 saturated heterocycles. The highest BCUT2D eigenvalue weighted by Gasteiger charge is 2.04. The number of thiophene rings is 1. The topological polar surface area (TPSA) is 34.9 Å². The minimum Gasteiger partial charge on any atom is -0.288 e. The molecule has 4 heteroatoms. The van der Waals surface area contributed by atoms with Crippen LogP contribution in [0.1, 0.15) is 25.9 Å². The van der Waals surface area contributed by atoms with Crippen molar-refractivity contribution in [3.63, 3.8) is 0 Å². The first-order valence-corrected chi connectivity index (χ1v) is 6.17. The van der Waals surface area contributed by atoms with E-state index >= 15 is 0 Å². The van der Waals surface area contributed by atoms with Crippen molar-refractivity contribution in [3.8, 4) is 0 Å². The van der Waals surface area contributed by atoms with Gasteiger partial charge in [-0.15, -0.1) is 11.3 Å². The van der Waals surface area contributed by atoms with Gasteiger partial charge in [-0.2, -0.15) is 5.10 Å². The zero-order valence-electron chi connectivity index (χ0n) is 10.1. The molecule has 0 unspecified atom stereocenters. The van der Waals surface area contributed by atoms with Crippen LogP contribution in [0.5, 0.6) is 0 Å². The molecular weight excluding hydrogens is 232 g/mol. The molecule has 0 aromatic carbocycles. The Morgan fingerprint density at radius 3 is 2.71 bits per heavy atom.